The standard InChI is InChI=1S/C22H24O6.C11H12O3/c1-3-27-15-11-7-5-9-13(15)17-19(21(23)24)18(20(17)22(25)26)14-10-6-8-12-16(14)28-4-2;1-2-14-10-6-4-3-5-9(10)7-8-11(12)13/h5-12,17-20H,3-4H2,1-2H3,(H,23,24)(H,25,26);3-8H,2H2,1H3,(H,12,13)/b;8-7+. The van der Waals surface area contributed by atoms with Crippen molar-refractivity contribution in [2.45, 2.75) is 32.6 Å². The van der Waals surface area contributed by atoms with Crippen LogP contribution < -0.4 is 14.2 Å². The fraction of sp³-hybridized carbons (Fsp3) is 0.303. The molecular weight excluding hydrogens is 540 g/mol. The summed E-state index contributed by atoms with van der Waals surface area (Å²) < 4.78 is 16.6. The summed E-state index contributed by atoms with van der Waals surface area (Å²) in [5.74, 6) is -4.38. The zero-order chi connectivity index (χ0) is 30.6. The largest absolute Gasteiger partial charge is 0.494 e. The molecule has 0 unspecified atom stereocenters. The minimum atomic E-state index is -1.02. The Morgan fingerprint density at radius 1 is 0.619 bits per heavy atom. The number of carboxylic acids is 3. The van der Waals surface area contributed by atoms with Crippen LogP contribution in [-0.4, -0.2) is 53.0 Å². The van der Waals surface area contributed by atoms with Crippen LogP contribution in [0.4, 0.5) is 0 Å². The Morgan fingerprint density at radius 2 is 1.00 bits per heavy atom. The number of hydrogen-bond donors (Lipinski definition) is 3. The van der Waals surface area contributed by atoms with Gasteiger partial charge in [-0.05, 0) is 56.2 Å². The minimum absolute atomic E-state index is 0.413. The molecule has 0 bridgehead atoms. The number of carbonyl (C=O) groups is 3. The maximum atomic E-state index is 12.2. The molecule has 222 valence electrons. The molecule has 1 fully saturated rings. The van der Waals surface area contributed by atoms with E-state index in [0.29, 0.717) is 48.2 Å². The lowest BCUT2D eigenvalue weighted by Crippen LogP contribution is -2.51. The second kappa shape index (κ2) is 15.3. The third-order valence-electron chi connectivity index (χ3n) is 6.90. The van der Waals surface area contributed by atoms with E-state index in [9.17, 15) is 24.6 Å². The first kappa shape index (κ1) is 31.7. The summed E-state index contributed by atoms with van der Waals surface area (Å²) in [7, 11) is 0. The molecule has 1 aliphatic carbocycles. The van der Waals surface area contributed by atoms with Crippen LogP contribution in [0.3, 0.4) is 0 Å². The van der Waals surface area contributed by atoms with Crippen molar-refractivity contribution in [1.82, 2.24) is 0 Å². The normalized spacial score (nSPS) is 19.1. The maximum Gasteiger partial charge on any atom is 0.328 e. The summed E-state index contributed by atoms with van der Waals surface area (Å²) in [6, 6.07) is 21.5. The molecule has 3 N–H and O–H groups in total. The van der Waals surface area contributed by atoms with Gasteiger partial charge in [0.2, 0.25) is 0 Å². The highest BCUT2D eigenvalue weighted by Crippen LogP contribution is 2.60. The summed E-state index contributed by atoms with van der Waals surface area (Å²) in [6.45, 7) is 6.95. The average Bonchev–Trinajstić information content (AvgIpc) is 2.94. The lowest BCUT2D eigenvalue weighted by Gasteiger charge is -2.48. The third kappa shape index (κ3) is 7.48. The highest BCUT2D eigenvalue weighted by atomic mass is 16.5. The Bertz CT molecular complexity index is 1320. The fourth-order valence-electron chi connectivity index (χ4n) is 5.29. The van der Waals surface area contributed by atoms with E-state index in [1.807, 2.05) is 45.0 Å². The fourth-order valence-corrected chi connectivity index (χ4v) is 5.29. The topological polar surface area (TPSA) is 140 Å². The number of rotatable bonds is 12. The van der Waals surface area contributed by atoms with E-state index in [1.54, 1.807) is 48.5 Å². The SMILES string of the molecule is CCOc1ccccc1/C=C/C(=O)O.CCOc1ccccc1C1C(C(=O)O)C(c2ccccc2OCC)C1C(=O)O. The monoisotopic (exact) mass is 576 g/mol. The first-order valence-corrected chi connectivity index (χ1v) is 13.8. The minimum Gasteiger partial charge on any atom is -0.494 e. The summed E-state index contributed by atoms with van der Waals surface area (Å²) in [4.78, 5) is 34.7. The Hall–Kier alpha value is -4.79. The number of ether oxygens (including phenoxy) is 3. The molecule has 3 aromatic carbocycles. The predicted octanol–water partition coefficient (Wildman–Crippen LogP) is 5.95. The summed E-state index contributed by atoms with van der Waals surface area (Å²) in [5, 5.41) is 28.4. The number of para-hydroxylation sites is 3. The molecule has 0 aromatic heterocycles. The number of carboxylic acid groups (broad SMARTS) is 3. The lowest BCUT2D eigenvalue weighted by atomic mass is 9.52. The number of benzene rings is 3. The van der Waals surface area contributed by atoms with E-state index in [1.165, 1.54) is 6.08 Å². The van der Waals surface area contributed by atoms with Crippen molar-refractivity contribution in [3.05, 3.63) is 95.6 Å². The van der Waals surface area contributed by atoms with Crippen molar-refractivity contribution in [3.63, 3.8) is 0 Å². The zero-order valence-electron chi connectivity index (χ0n) is 23.8. The molecule has 0 atom stereocenters. The van der Waals surface area contributed by atoms with Crippen molar-refractivity contribution in [3.8, 4) is 17.2 Å². The van der Waals surface area contributed by atoms with E-state index in [4.69, 9.17) is 19.3 Å². The second-order valence-electron chi connectivity index (χ2n) is 9.36. The molecule has 42 heavy (non-hydrogen) atoms. The van der Waals surface area contributed by atoms with E-state index >= 15 is 0 Å². The molecule has 9 heteroatoms. The molecule has 1 saturated carbocycles. The van der Waals surface area contributed by atoms with Crippen LogP contribution in [0, 0.1) is 11.8 Å². The van der Waals surface area contributed by atoms with Gasteiger partial charge < -0.3 is 29.5 Å². The van der Waals surface area contributed by atoms with Gasteiger partial charge in [-0.1, -0.05) is 54.6 Å². The smallest absolute Gasteiger partial charge is 0.328 e. The van der Waals surface area contributed by atoms with Gasteiger partial charge in [0.05, 0.1) is 31.7 Å². The van der Waals surface area contributed by atoms with Crippen LogP contribution in [0.2, 0.25) is 0 Å². The average molecular weight is 577 g/mol. The molecule has 0 spiro atoms. The molecule has 3 aromatic rings. The quantitative estimate of drug-likeness (QED) is 0.223. The number of hydrogen-bond acceptors (Lipinski definition) is 6. The van der Waals surface area contributed by atoms with Crippen LogP contribution in [-0.2, 0) is 14.4 Å². The first-order valence-electron chi connectivity index (χ1n) is 13.8. The predicted molar refractivity (Wildman–Crippen MR) is 157 cm³/mol. The van der Waals surface area contributed by atoms with Crippen LogP contribution in [0.15, 0.2) is 78.9 Å². The lowest BCUT2D eigenvalue weighted by molar-refractivity contribution is -0.160. The van der Waals surface area contributed by atoms with Gasteiger partial charge in [0.25, 0.3) is 0 Å². The molecule has 0 aliphatic heterocycles. The Labute approximate surface area is 245 Å². The van der Waals surface area contributed by atoms with Gasteiger partial charge in [0, 0.05) is 23.5 Å². The van der Waals surface area contributed by atoms with Crippen molar-refractivity contribution < 1.29 is 43.9 Å². The summed E-state index contributed by atoms with van der Waals surface area (Å²) in [6.07, 6.45) is 2.62. The van der Waals surface area contributed by atoms with Gasteiger partial charge in [-0.25, -0.2) is 4.79 Å². The molecule has 0 heterocycles. The van der Waals surface area contributed by atoms with Crippen LogP contribution in [0.1, 0.15) is 49.3 Å². The highest BCUT2D eigenvalue weighted by molar-refractivity contribution is 5.86. The molecule has 4 rings (SSSR count). The van der Waals surface area contributed by atoms with E-state index < -0.39 is 41.6 Å². The Kier molecular flexibility index (Phi) is 11.5. The van der Waals surface area contributed by atoms with Gasteiger partial charge in [-0.2, -0.15) is 0 Å². The van der Waals surface area contributed by atoms with E-state index in [2.05, 4.69) is 0 Å². The van der Waals surface area contributed by atoms with E-state index in [0.717, 1.165) is 11.6 Å². The third-order valence-corrected chi connectivity index (χ3v) is 6.90. The Balaban J connectivity index is 0.000000291. The van der Waals surface area contributed by atoms with Crippen molar-refractivity contribution in [1.29, 1.82) is 0 Å². The van der Waals surface area contributed by atoms with Crippen LogP contribution >= 0.6 is 0 Å². The second-order valence-corrected chi connectivity index (χ2v) is 9.36. The van der Waals surface area contributed by atoms with E-state index in [-0.39, 0.29) is 0 Å². The van der Waals surface area contributed by atoms with Gasteiger partial charge in [0.1, 0.15) is 17.2 Å². The van der Waals surface area contributed by atoms with Crippen molar-refractivity contribution in [2.75, 3.05) is 19.8 Å². The number of aliphatic carboxylic acids is 3. The van der Waals surface area contributed by atoms with Gasteiger partial charge in [0.15, 0.2) is 0 Å². The Morgan fingerprint density at radius 3 is 1.40 bits per heavy atom. The van der Waals surface area contributed by atoms with Crippen LogP contribution in [0.5, 0.6) is 17.2 Å². The summed E-state index contributed by atoms with van der Waals surface area (Å²) >= 11 is 0. The van der Waals surface area contributed by atoms with Gasteiger partial charge in [-0.15, -0.1) is 0 Å². The first-order chi connectivity index (χ1) is 20.2. The molecule has 0 saturated heterocycles. The van der Waals surface area contributed by atoms with Crippen LogP contribution in [0.25, 0.3) is 6.08 Å². The molecule has 0 radical (unpaired) electrons. The highest BCUT2D eigenvalue weighted by Gasteiger charge is 2.60. The zero-order valence-corrected chi connectivity index (χ0v) is 23.8. The van der Waals surface area contributed by atoms with Crippen molar-refractivity contribution >= 4 is 24.0 Å². The molecule has 0 amide bonds. The summed E-state index contributed by atoms with van der Waals surface area (Å²) in [5.41, 5.74) is 2.01. The van der Waals surface area contributed by atoms with Crippen molar-refractivity contribution in [2.24, 2.45) is 11.8 Å². The maximum absolute atomic E-state index is 12.2. The van der Waals surface area contributed by atoms with Gasteiger partial charge in [-0.3, -0.25) is 9.59 Å². The van der Waals surface area contributed by atoms with Gasteiger partial charge >= 0.3 is 17.9 Å². The molecule has 1 aliphatic rings. The molecular formula is C33H36O9. The molecule has 9 nitrogen and oxygen atoms in total.